The van der Waals surface area contributed by atoms with Crippen LogP contribution in [0.5, 0.6) is 11.5 Å². The second-order valence-electron chi connectivity index (χ2n) is 10.8. The second-order valence-corrected chi connectivity index (χ2v) is 10.8. The summed E-state index contributed by atoms with van der Waals surface area (Å²) >= 11 is 0. The highest BCUT2D eigenvalue weighted by Crippen LogP contribution is 2.50. The van der Waals surface area contributed by atoms with Gasteiger partial charge in [0.2, 0.25) is 5.91 Å². The van der Waals surface area contributed by atoms with Crippen molar-refractivity contribution in [2.45, 2.75) is 65.2 Å². The maximum Gasteiger partial charge on any atom is 0.231 e. The SMILES string of the molecule is CCCc1cc(OCc2ccccc2)c(-c2c(C)cc(F)c3c2CC(=O)N3C2CC2)c(OCc2ccccc2)c1. The zero-order valence-electron chi connectivity index (χ0n) is 23.1. The third-order valence-electron chi connectivity index (χ3n) is 7.69. The summed E-state index contributed by atoms with van der Waals surface area (Å²) in [6, 6.07) is 25.9. The molecule has 1 aliphatic carbocycles. The van der Waals surface area contributed by atoms with Gasteiger partial charge in [-0.25, -0.2) is 4.39 Å². The molecule has 0 N–H and O–H groups in total. The first-order valence-corrected chi connectivity index (χ1v) is 14.2. The van der Waals surface area contributed by atoms with E-state index in [2.05, 4.69) is 19.1 Å². The maximum atomic E-state index is 15.5. The highest BCUT2D eigenvalue weighted by molar-refractivity contribution is 6.06. The van der Waals surface area contributed by atoms with Crippen LogP contribution < -0.4 is 14.4 Å². The predicted molar refractivity (Wildman–Crippen MR) is 156 cm³/mol. The van der Waals surface area contributed by atoms with Crippen molar-refractivity contribution in [1.29, 1.82) is 0 Å². The topological polar surface area (TPSA) is 38.8 Å². The third kappa shape index (κ3) is 5.21. The average molecular weight is 536 g/mol. The molecular formula is C35H34FNO3. The van der Waals surface area contributed by atoms with Crippen LogP contribution in [-0.2, 0) is 30.8 Å². The molecule has 0 aromatic heterocycles. The number of hydrogen-bond acceptors (Lipinski definition) is 3. The molecule has 1 aliphatic heterocycles. The van der Waals surface area contributed by atoms with Crippen LogP contribution >= 0.6 is 0 Å². The summed E-state index contributed by atoms with van der Waals surface area (Å²) < 4.78 is 28.6. The van der Waals surface area contributed by atoms with Crippen LogP contribution in [0.25, 0.3) is 11.1 Å². The van der Waals surface area contributed by atoms with E-state index < -0.39 is 0 Å². The molecule has 1 amide bonds. The number of carbonyl (C=O) groups excluding carboxylic acids is 1. The minimum absolute atomic E-state index is 0.0376. The molecule has 1 saturated carbocycles. The summed E-state index contributed by atoms with van der Waals surface area (Å²) in [6.07, 6.45) is 3.85. The van der Waals surface area contributed by atoms with Crippen molar-refractivity contribution < 1.29 is 18.7 Å². The van der Waals surface area contributed by atoms with Gasteiger partial charge in [0.15, 0.2) is 0 Å². The number of carbonyl (C=O) groups is 1. The Morgan fingerprint density at radius 2 is 1.40 bits per heavy atom. The molecule has 40 heavy (non-hydrogen) atoms. The minimum atomic E-state index is -0.338. The zero-order chi connectivity index (χ0) is 27.6. The van der Waals surface area contributed by atoms with Gasteiger partial charge in [-0.1, -0.05) is 74.0 Å². The number of amides is 1. The van der Waals surface area contributed by atoms with Gasteiger partial charge in [-0.05, 0) is 77.8 Å². The lowest BCUT2D eigenvalue weighted by Crippen LogP contribution is -2.29. The van der Waals surface area contributed by atoms with Crippen LogP contribution in [0.4, 0.5) is 10.1 Å². The van der Waals surface area contributed by atoms with E-state index in [1.54, 1.807) is 11.0 Å². The predicted octanol–water partition coefficient (Wildman–Crippen LogP) is 7.96. The molecule has 204 valence electrons. The molecular weight excluding hydrogens is 501 g/mol. The van der Waals surface area contributed by atoms with E-state index in [-0.39, 0.29) is 24.2 Å². The van der Waals surface area contributed by atoms with E-state index >= 15 is 4.39 Å². The first-order valence-electron chi connectivity index (χ1n) is 14.2. The first-order chi connectivity index (χ1) is 19.5. The number of fused-ring (bicyclic) bond motifs is 1. The lowest BCUT2D eigenvalue weighted by molar-refractivity contribution is -0.117. The summed E-state index contributed by atoms with van der Waals surface area (Å²) in [5, 5.41) is 0. The summed E-state index contributed by atoms with van der Waals surface area (Å²) in [7, 11) is 0. The second kappa shape index (κ2) is 11.2. The molecule has 0 spiro atoms. The lowest BCUT2D eigenvalue weighted by atomic mass is 9.90. The fourth-order valence-corrected chi connectivity index (χ4v) is 5.71. The van der Waals surface area contributed by atoms with Crippen LogP contribution in [0.2, 0.25) is 0 Å². The van der Waals surface area contributed by atoms with E-state index in [1.807, 2.05) is 67.6 Å². The van der Waals surface area contributed by atoms with Gasteiger partial charge in [-0.15, -0.1) is 0 Å². The molecule has 5 heteroatoms. The van der Waals surface area contributed by atoms with Crippen LogP contribution in [0, 0.1) is 12.7 Å². The molecule has 0 bridgehead atoms. The number of halogens is 1. The fraction of sp³-hybridized carbons (Fsp3) is 0.286. The molecule has 2 aliphatic rings. The van der Waals surface area contributed by atoms with Crippen molar-refractivity contribution in [3.05, 3.63) is 112 Å². The summed E-state index contributed by atoms with van der Waals surface area (Å²) in [5.74, 6) is 0.999. The minimum Gasteiger partial charge on any atom is -0.488 e. The van der Waals surface area contributed by atoms with E-state index in [0.717, 1.165) is 64.6 Å². The summed E-state index contributed by atoms with van der Waals surface area (Å²) in [4.78, 5) is 14.9. The number of ether oxygens (including phenoxy) is 2. The molecule has 4 aromatic carbocycles. The third-order valence-corrected chi connectivity index (χ3v) is 7.69. The number of rotatable bonds is 10. The molecule has 0 unspecified atom stereocenters. The largest absolute Gasteiger partial charge is 0.488 e. The van der Waals surface area contributed by atoms with E-state index in [9.17, 15) is 4.79 Å². The van der Waals surface area contributed by atoms with E-state index in [1.165, 1.54) is 0 Å². The molecule has 0 saturated heterocycles. The first kappa shape index (κ1) is 26.1. The molecule has 1 heterocycles. The number of hydrogen-bond donors (Lipinski definition) is 0. The van der Waals surface area contributed by atoms with E-state index in [4.69, 9.17) is 9.47 Å². The smallest absolute Gasteiger partial charge is 0.231 e. The normalized spacial score (nSPS) is 14.4. The van der Waals surface area contributed by atoms with Gasteiger partial charge in [0.1, 0.15) is 30.5 Å². The number of anilines is 1. The molecule has 4 nitrogen and oxygen atoms in total. The van der Waals surface area contributed by atoms with Gasteiger partial charge in [-0.2, -0.15) is 0 Å². The van der Waals surface area contributed by atoms with Crippen molar-refractivity contribution in [3.63, 3.8) is 0 Å². The highest BCUT2D eigenvalue weighted by Gasteiger charge is 2.42. The van der Waals surface area contributed by atoms with Gasteiger partial charge >= 0.3 is 0 Å². The zero-order valence-corrected chi connectivity index (χ0v) is 23.1. The number of nitrogens with zero attached hydrogens (tertiary/aromatic N) is 1. The monoisotopic (exact) mass is 535 g/mol. The van der Waals surface area contributed by atoms with E-state index in [0.29, 0.717) is 30.4 Å². The Labute approximate surface area is 235 Å². The van der Waals surface area contributed by atoms with Gasteiger partial charge in [0.05, 0.1) is 17.7 Å². The van der Waals surface area contributed by atoms with Crippen LogP contribution in [-0.4, -0.2) is 11.9 Å². The summed E-state index contributed by atoms with van der Waals surface area (Å²) in [6.45, 7) is 4.83. The molecule has 4 aromatic rings. The lowest BCUT2D eigenvalue weighted by Gasteiger charge is -2.23. The Morgan fingerprint density at radius 3 is 1.93 bits per heavy atom. The van der Waals surface area contributed by atoms with Gasteiger partial charge in [0, 0.05) is 6.04 Å². The molecule has 0 radical (unpaired) electrons. The van der Waals surface area contributed by atoms with Crippen molar-refractivity contribution in [2.24, 2.45) is 0 Å². The Balaban J connectivity index is 1.52. The highest BCUT2D eigenvalue weighted by atomic mass is 19.1. The number of aryl methyl sites for hydroxylation is 2. The fourth-order valence-electron chi connectivity index (χ4n) is 5.71. The van der Waals surface area contributed by atoms with Crippen LogP contribution in [0.3, 0.4) is 0 Å². The van der Waals surface area contributed by atoms with Gasteiger partial charge < -0.3 is 14.4 Å². The van der Waals surface area contributed by atoms with Gasteiger partial charge in [0.25, 0.3) is 0 Å². The van der Waals surface area contributed by atoms with Crippen molar-refractivity contribution >= 4 is 11.6 Å². The Hall–Kier alpha value is -4.12. The van der Waals surface area contributed by atoms with Gasteiger partial charge in [-0.3, -0.25) is 4.79 Å². The number of benzene rings is 4. The maximum absolute atomic E-state index is 15.5. The quantitative estimate of drug-likeness (QED) is 0.207. The van der Waals surface area contributed by atoms with Crippen molar-refractivity contribution in [1.82, 2.24) is 0 Å². The molecule has 6 rings (SSSR count). The van der Waals surface area contributed by atoms with Crippen LogP contribution in [0.15, 0.2) is 78.9 Å². The van der Waals surface area contributed by atoms with Crippen molar-refractivity contribution in [2.75, 3.05) is 4.90 Å². The van der Waals surface area contributed by atoms with Crippen LogP contribution in [0.1, 0.15) is 54.0 Å². The van der Waals surface area contributed by atoms with Crippen molar-refractivity contribution in [3.8, 4) is 22.6 Å². The summed E-state index contributed by atoms with van der Waals surface area (Å²) in [5.41, 5.74) is 6.76. The Kier molecular flexibility index (Phi) is 7.29. The average Bonchev–Trinajstić information content (AvgIpc) is 3.74. The standard InChI is InChI=1S/C35H34FNO3/c1-3-10-26-18-30(39-21-24-11-6-4-7-12-24)34(31(19-26)40-22-25-13-8-5-9-14-25)33-23(2)17-29(36)35-28(33)20-32(38)37(35)27-15-16-27/h4-9,11-14,17-19,27H,3,10,15-16,20-22H2,1-2H3. The molecule has 1 fully saturated rings. The Morgan fingerprint density at radius 1 is 0.825 bits per heavy atom. The molecule has 0 atom stereocenters. The Bertz CT molecular complexity index is 1470.